The summed E-state index contributed by atoms with van der Waals surface area (Å²) in [6, 6.07) is 11.7. The first-order chi connectivity index (χ1) is 9.16. The van der Waals surface area contributed by atoms with Gasteiger partial charge in [0.2, 0.25) is 5.78 Å². The van der Waals surface area contributed by atoms with Crippen LogP contribution in [-0.2, 0) is 0 Å². The summed E-state index contributed by atoms with van der Waals surface area (Å²) in [5.41, 5.74) is 3.48. The summed E-state index contributed by atoms with van der Waals surface area (Å²) in [4.78, 5) is 16.9. The van der Waals surface area contributed by atoms with E-state index in [1.807, 2.05) is 41.0 Å². The van der Waals surface area contributed by atoms with Crippen LogP contribution in [0.4, 0.5) is 0 Å². The SMILES string of the molecule is O=C1c2c(I)cc(Br)cc2-n2c1nc1ccccc12. The molecule has 0 radical (unpaired) electrons. The van der Waals surface area contributed by atoms with Crippen LogP contribution in [0.5, 0.6) is 0 Å². The van der Waals surface area contributed by atoms with Gasteiger partial charge in [0.25, 0.3) is 0 Å². The van der Waals surface area contributed by atoms with Crippen molar-refractivity contribution < 1.29 is 4.79 Å². The van der Waals surface area contributed by atoms with E-state index in [-0.39, 0.29) is 5.78 Å². The van der Waals surface area contributed by atoms with Gasteiger partial charge >= 0.3 is 0 Å². The number of benzene rings is 2. The monoisotopic (exact) mass is 424 g/mol. The van der Waals surface area contributed by atoms with E-state index in [9.17, 15) is 4.79 Å². The zero-order valence-electron chi connectivity index (χ0n) is 9.52. The molecule has 0 saturated carbocycles. The van der Waals surface area contributed by atoms with Crippen LogP contribution in [0.2, 0.25) is 0 Å². The predicted molar refractivity (Wildman–Crippen MR) is 84.9 cm³/mol. The van der Waals surface area contributed by atoms with Crippen LogP contribution in [0.1, 0.15) is 16.2 Å². The molecule has 0 atom stereocenters. The number of hydrogen-bond acceptors (Lipinski definition) is 2. The van der Waals surface area contributed by atoms with Gasteiger partial charge in [0.1, 0.15) is 0 Å². The summed E-state index contributed by atoms with van der Waals surface area (Å²) >= 11 is 5.68. The number of imidazole rings is 1. The van der Waals surface area contributed by atoms with Crippen LogP contribution in [0, 0.1) is 3.57 Å². The van der Waals surface area contributed by atoms with Crippen LogP contribution < -0.4 is 0 Å². The lowest BCUT2D eigenvalue weighted by Gasteiger charge is -2.05. The molecule has 1 aliphatic rings. The molecule has 3 nitrogen and oxygen atoms in total. The highest BCUT2D eigenvalue weighted by atomic mass is 127. The molecule has 3 aromatic rings. The molecule has 0 spiro atoms. The van der Waals surface area contributed by atoms with E-state index in [0.29, 0.717) is 5.82 Å². The molecule has 0 aliphatic carbocycles. The molecule has 0 fully saturated rings. The molecule has 0 saturated heterocycles. The lowest BCUT2D eigenvalue weighted by molar-refractivity contribution is 0.103. The third kappa shape index (κ3) is 1.48. The minimum atomic E-state index is 0.00287. The second-order valence-corrected chi connectivity index (χ2v) is 6.45. The average Bonchev–Trinajstić information content (AvgIpc) is 2.87. The summed E-state index contributed by atoms with van der Waals surface area (Å²) in [6.45, 7) is 0. The Balaban J connectivity index is 2.20. The third-order valence-corrected chi connectivity index (χ3v) is 4.57. The van der Waals surface area contributed by atoms with Gasteiger partial charge in [-0.05, 0) is 46.9 Å². The fourth-order valence-corrected chi connectivity index (χ4v) is 4.23. The Morgan fingerprint density at radius 3 is 2.84 bits per heavy atom. The smallest absolute Gasteiger partial charge is 0.232 e. The van der Waals surface area contributed by atoms with E-state index in [0.717, 1.165) is 30.3 Å². The van der Waals surface area contributed by atoms with Crippen LogP contribution in [0.25, 0.3) is 16.7 Å². The summed E-state index contributed by atoms with van der Waals surface area (Å²) in [7, 11) is 0. The fraction of sp³-hybridized carbons (Fsp3) is 0. The van der Waals surface area contributed by atoms with E-state index in [1.165, 1.54) is 0 Å². The van der Waals surface area contributed by atoms with Crippen molar-refractivity contribution in [3.05, 3.63) is 55.8 Å². The molecule has 0 amide bonds. The van der Waals surface area contributed by atoms with Gasteiger partial charge in [0.15, 0.2) is 5.82 Å². The Hall–Kier alpha value is -1.21. The Kier molecular flexibility index (Phi) is 2.38. The highest BCUT2D eigenvalue weighted by Gasteiger charge is 2.32. The molecule has 1 aliphatic heterocycles. The molecule has 4 rings (SSSR count). The van der Waals surface area contributed by atoms with Gasteiger partial charge in [0.05, 0.1) is 22.3 Å². The lowest BCUT2D eigenvalue weighted by Crippen LogP contribution is -1.99. The number of fused-ring (bicyclic) bond motifs is 5. The minimum Gasteiger partial charge on any atom is -0.289 e. The number of nitrogens with zero attached hydrogens (tertiary/aromatic N) is 2. The first-order valence-electron chi connectivity index (χ1n) is 5.68. The maximum atomic E-state index is 12.5. The maximum Gasteiger partial charge on any atom is 0.232 e. The number of rotatable bonds is 0. The highest BCUT2D eigenvalue weighted by Crippen LogP contribution is 2.36. The first kappa shape index (κ1) is 11.6. The van der Waals surface area contributed by atoms with Crippen LogP contribution in [0.15, 0.2) is 40.9 Å². The number of ketones is 1. The Labute approximate surface area is 130 Å². The molecule has 0 bridgehead atoms. The Bertz CT molecular complexity index is 869. The number of aromatic nitrogens is 2. The molecule has 19 heavy (non-hydrogen) atoms. The van der Waals surface area contributed by atoms with Gasteiger partial charge in [0, 0.05) is 8.04 Å². The second-order valence-electron chi connectivity index (χ2n) is 4.37. The van der Waals surface area contributed by atoms with Crippen molar-refractivity contribution in [1.82, 2.24) is 9.55 Å². The van der Waals surface area contributed by atoms with Gasteiger partial charge in [-0.2, -0.15) is 0 Å². The van der Waals surface area contributed by atoms with E-state index >= 15 is 0 Å². The second kappa shape index (κ2) is 3.89. The van der Waals surface area contributed by atoms with Crippen molar-refractivity contribution in [3.8, 4) is 5.69 Å². The Morgan fingerprint density at radius 2 is 2.00 bits per heavy atom. The van der Waals surface area contributed by atoms with Gasteiger partial charge in [-0.3, -0.25) is 9.36 Å². The van der Waals surface area contributed by atoms with Crippen LogP contribution in [0.3, 0.4) is 0 Å². The summed E-state index contributed by atoms with van der Waals surface area (Å²) in [5.74, 6) is 0.510. The van der Waals surface area contributed by atoms with Gasteiger partial charge in [-0.1, -0.05) is 28.1 Å². The first-order valence-corrected chi connectivity index (χ1v) is 7.55. The highest BCUT2D eigenvalue weighted by molar-refractivity contribution is 14.1. The quantitative estimate of drug-likeness (QED) is 0.401. The molecule has 2 heterocycles. The number of hydrogen-bond donors (Lipinski definition) is 0. The molecule has 92 valence electrons. The number of carbonyl (C=O) groups is 1. The van der Waals surface area contributed by atoms with E-state index in [4.69, 9.17) is 0 Å². The van der Waals surface area contributed by atoms with Crippen molar-refractivity contribution >= 4 is 55.3 Å². The van der Waals surface area contributed by atoms with Crippen molar-refractivity contribution in [2.75, 3.05) is 0 Å². The van der Waals surface area contributed by atoms with Crippen molar-refractivity contribution in [2.45, 2.75) is 0 Å². The average molecular weight is 425 g/mol. The Morgan fingerprint density at radius 1 is 1.21 bits per heavy atom. The maximum absolute atomic E-state index is 12.5. The van der Waals surface area contributed by atoms with E-state index < -0.39 is 0 Å². The topological polar surface area (TPSA) is 34.9 Å². The third-order valence-electron chi connectivity index (χ3n) is 3.27. The van der Waals surface area contributed by atoms with Crippen molar-refractivity contribution in [1.29, 1.82) is 0 Å². The summed E-state index contributed by atoms with van der Waals surface area (Å²) < 4.78 is 3.86. The number of halogens is 2. The van der Waals surface area contributed by atoms with Crippen molar-refractivity contribution in [2.24, 2.45) is 0 Å². The molecule has 1 aromatic heterocycles. The molecular formula is C14H6BrIN2O. The predicted octanol–water partition coefficient (Wildman–Crippen LogP) is 3.94. The summed E-state index contributed by atoms with van der Waals surface area (Å²) in [5, 5.41) is 0. The largest absolute Gasteiger partial charge is 0.289 e. The summed E-state index contributed by atoms with van der Waals surface area (Å²) in [6.07, 6.45) is 0. The minimum absolute atomic E-state index is 0.00287. The van der Waals surface area contributed by atoms with E-state index in [1.54, 1.807) is 0 Å². The normalized spacial score (nSPS) is 12.8. The van der Waals surface area contributed by atoms with Crippen LogP contribution >= 0.6 is 38.5 Å². The fourth-order valence-electron chi connectivity index (χ4n) is 2.50. The molecular weight excluding hydrogens is 419 g/mol. The zero-order valence-corrected chi connectivity index (χ0v) is 13.3. The molecule has 0 unspecified atom stereocenters. The van der Waals surface area contributed by atoms with Crippen molar-refractivity contribution in [3.63, 3.8) is 0 Å². The lowest BCUT2D eigenvalue weighted by atomic mass is 10.1. The standard InChI is InChI=1S/C14H6BrIN2O/c15-7-5-8(16)12-11(6-7)18-10-4-2-1-3-9(10)17-14(18)13(12)19/h1-6H. The van der Waals surface area contributed by atoms with Gasteiger partial charge in [-0.15, -0.1) is 0 Å². The van der Waals surface area contributed by atoms with Gasteiger partial charge < -0.3 is 0 Å². The molecule has 0 N–H and O–H groups in total. The van der Waals surface area contributed by atoms with E-state index in [2.05, 4.69) is 43.5 Å². The number of para-hydroxylation sites is 2. The molecule has 2 aromatic carbocycles. The van der Waals surface area contributed by atoms with Crippen LogP contribution in [-0.4, -0.2) is 15.3 Å². The number of carbonyl (C=O) groups excluding carboxylic acids is 1. The van der Waals surface area contributed by atoms with Gasteiger partial charge in [-0.25, -0.2) is 4.98 Å². The molecule has 5 heteroatoms. The zero-order chi connectivity index (χ0) is 13.1.